The van der Waals surface area contributed by atoms with Crippen molar-refractivity contribution >= 4 is 17.7 Å². The van der Waals surface area contributed by atoms with Crippen molar-refractivity contribution in [3.05, 3.63) is 29.8 Å². The van der Waals surface area contributed by atoms with Crippen LogP contribution in [0.5, 0.6) is 0 Å². The number of rotatable bonds is 45. The van der Waals surface area contributed by atoms with Crippen LogP contribution in [0, 0.1) is 0 Å². The van der Waals surface area contributed by atoms with Crippen LogP contribution in [0.1, 0.15) is 302 Å². The molecule has 0 bridgehead atoms. The summed E-state index contributed by atoms with van der Waals surface area (Å²) in [6.45, 7) is 11.8. The fourth-order valence-corrected chi connectivity index (χ4v) is 8.93. The van der Waals surface area contributed by atoms with Crippen molar-refractivity contribution < 1.29 is 14.7 Å². The minimum Gasteiger partial charge on any atom is -0.464 e. The third-order valence-electron chi connectivity index (χ3n) is 13.1. The number of hydrogen-bond acceptors (Lipinski definition) is 3. The molecule has 0 saturated heterocycles. The average Bonchev–Trinajstić information content (AvgIpc) is 3.25. The second-order valence-electron chi connectivity index (χ2n) is 20.2. The second kappa shape index (κ2) is 41.5. The van der Waals surface area contributed by atoms with Gasteiger partial charge in [0.05, 0.1) is 11.2 Å². The minimum atomic E-state index is -1.03. The van der Waals surface area contributed by atoms with E-state index in [1.165, 1.54) is 249 Å². The largest absolute Gasteiger partial charge is 0.464 e. The van der Waals surface area contributed by atoms with Crippen molar-refractivity contribution in [3.8, 4) is 0 Å². The Labute approximate surface area is 386 Å². The number of carboxylic acid groups (broad SMARTS) is 1. The Hall–Kier alpha value is -2.24. The molecule has 0 fully saturated rings. The highest BCUT2D eigenvalue weighted by atomic mass is 16.4. The van der Waals surface area contributed by atoms with Crippen LogP contribution in [0.4, 0.5) is 10.5 Å². The molecule has 0 heterocycles. The van der Waals surface area contributed by atoms with E-state index >= 15 is 0 Å². The van der Waals surface area contributed by atoms with Gasteiger partial charge in [0.25, 0.3) is 5.91 Å². The van der Waals surface area contributed by atoms with Gasteiger partial charge >= 0.3 is 6.09 Å². The predicted molar refractivity (Wildman–Crippen MR) is 272 cm³/mol. The van der Waals surface area contributed by atoms with Crippen LogP contribution in [-0.4, -0.2) is 45.6 Å². The van der Waals surface area contributed by atoms with Crippen molar-refractivity contribution in [1.29, 1.82) is 0 Å². The highest BCUT2D eigenvalue weighted by Crippen LogP contribution is 2.21. The summed E-state index contributed by atoms with van der Waals surface area (Å²) in [7, 11) is 0. The first-order chi connectivity index (χ1) is 30.2. The Balaban J connectivity index is 2.30. The Morgan fingerprint density at radius 2 is 0.661 bits per heavy atom. The number of hydrazine groups is 1. The van der Waals surface area contributed by atoms with Gasteiger partial charge in [0.2, 0.25) is 0 Å². The van der Waals surface area contributed by atoms with E-state index in [0.29, 0.717) is 11.3 Å². The van der Waals surface area contributed by atoms with Crippen molar-refractivity contribution in [3.63, 3.8) is 0 Å². The van der Waals surface area contributed by atoms with Crippen LogP contribution in [0.15, 0.2) is 24.3 Å². The molecule has 1 rings (SSSR count). The number of carbonyl (C=O) groups excluding carboxylic acids is 1. The fraction of sp³-hybridized carbons (Fsp3) is 0.857. The number of benzene rings is 1. The Bertz CT molecular complexity index is 1090. The average molecular weight is 868 g/mol. The molecule has 0 saturated carbocycles. The normalized spacial score (nSPS) is 11.6. The first-order valence-electron chi connectivity index (χ1n) is 27.4. The Kier molecular flexibility index (Phi) is 38.6. The van der Waals surface area contributed by atoms with Crippen molar-refractivity contribution in [1.82, 2.24) is 9.91 Å². The predicted octanol–water partition coefficient (Wildman–Crippen LogP) is 18.9. The highest BCUT2D eigenvalue weighted by molar-refractivity contribution is 5.94. The van der Waals surface area contributed by atoms with Gasteiger partial charge < -0.3 is 10.0 Å². The van der Waals surface area contributed by atoms with Crippen LogP contribution >= 0.6 is 0 Å². The second-order valence-corrected chi connectivity index (χ2v) is 20.2. The first kappa shape index (κ1) is 57.8. The number of hydrogen-bond donors (Lipinski definition) is 2. The molecule has 0 aromatic heterocycles. The number of anilines is 1. The maximum atomic E-state index is 13.8. The van der Waals surface area contributed by atoms with E-state index in [1.807, 2.05) is 45.0 Å². The zero-order valence-electron chi connectivity index (χ0n) is 42.2. The van der Waals surface area contributed by atoms with Gasteiger partial charge in [-0.2, -0.15) is 0 Å². The number of nitrogens with zero attached hydrogens (tertiary/aromatic N) is 2. The van der Waals surface area contributed by atoms with E-state index in [0.717, 1.165) is 25.9 Å². The van der Waals surface area contributed by atoms with E-state index < -0.39 is 11.6 Å². The lowest BCUT2D eigenvalue weighted by Gasteiger charge is -2.33. The van der Waals surface area contributed by atoms with Gasteiger partial charge in [-0.1, -0.05) is 258 Å². The zero-order chi connectivity index (χ0) is 45.2. The standard InChI is InChI=1S/C56H105N3O3/c1-6-8-10-12-14-16-18-20-22-24-26-28-30-32-34-36-38-40-42-44-50-58(54(60)52-46-48-53(49-47-52)57-59(55(61)62)56(3,4)5)51-45-43-41-39-37-35-33-31-29-27-25-23-21-19-17-15-13-11-9-7-2/h46-49,57H,6-45,50-51H2,1-5H3,(H,61,62). The van der Waals surface area contributed by atoms with E-state index in [-0.39, 0.29) is 5.91 Å². The van der Waals surface area contributed by atoms with Crippen LogP contribution in [-0.2, 0) is 0 Å². The quantitative estimate of drug-likeness (QED) is 0.0506. The van der Waals surface area contributed by atoms with Crippen molar-refractivity contribution in [2.24, 2.45) is 0 Å². The molecule has 2 amide bonds. The van der Waals surface area contributed by atoms with Crippen LogP contribution in [0.25, 0.3) is 0 Å². The van der Waals surface area contributed by atoms with E-state index in [2.05, 4.69) is 24.2 Å². The molecule has 0 spiro atoms. The lowest BCUT2D eigenvalue weighted by atomic mass is 10.0. The molecule has 6 nitrogen and oxygen atoms in total. The third kappa shape index (κ3) is 34.2. The van der Waals surface area contributed by atoms with Gasteiger partial charge in [-0.3, -0.25) is 10.2 Å². The molecule has 0 aliphatic rings. The van der Waals surface area contributed by atoms with Gasteiger partial charge in [-0.25, -0.2) is 9.80 Å². The molecule has 0 atom stereocenters. The first-order valence-corrected chi connectivity index (χ1v) is 27.4. The molecule has 0 aliphatic carbocycles. The zero-order valence-corrected chi connectivity index (χ0v) is 42.2. The van der Waals surface area contributed by atoms with Gasteiger partial charge in [-0.05, 0) is 57.9 Å². The lowest BCUT2D eigenvalue weighted by molar-refractivity contribution is 0.0748. The Morgan fingerprint density at radius 1 is 0.419 bits per heavy atom. The van der Waals surface area contributed by atoms with Crippen LogP contribution in [0.2, 0.25) is 0 Å². The van der Waals surface area contributed by atoms with E-state index in [9.17, 15) is 14.7 Å². The minimum absolute atomic E-state index is 0.0954. The SMILES string of the molecule is CCCCCCCCCCCCCCCCCCCCCCN(CCCCCCCCCCCCCCCCCCCCCC)C(=O)c1ccc(NN(C(=O)O)C(C)(C)C)cc1. The summed E-state index contributed by atoms with van der Waals surface area (Å²) in [4.78, 5) is 27.7. The highest BCUT2D eigenvalue weighted by Gasteiger charge is 2.26. The molecule has 2 N–H and O–H groups in total. The van der Waals surface area contributed by atoms with E-state index in [4.69, 9.17) is 0 Å². The number of unbranched alkanes of at least 4 members (excludes halogenated alkanes) is 38. The molecular weight excluding hydrogens is 763 g/mol. The molecule has 362 valence electrons. The maximum Gasteiger partial charge on any atom is 0.426 e. The van der Waals surface area contributed by atoms with Gasteiger partial charge in [0, 0.05) is 18.7 Å². The lowest BCUT2D eigenvalue weighted by Crippen LogP contribution is -2.48. The molecule has 6 heteroatoms. The molecule has 62 heavy (non-hydrogen) atoms. The Morgan fingerprint density at radius 3 is 0.887 bits per heavy atom. The summed E-state index contributed by atoms with van der Waals surface area (Å²) in [5, 5.41) is 10.9. The van der Waals surface area contributed by atoms with Crippen LogP contribution in [0.3, 0.4) is 0 Å². The smallest absolute Gasteiger partial charge is 0.426 e. The van der Waals surface area contributed by atoms with Gasteiger partial charge in [0.1, 0.15) is 0 Å². The van der Waals surface area contributed by atoms with Gasteiger partial charge in [0.15, 0.2) is 0 Å². The van der Waals surface area contributed by atoms with Crippen molar-refractivity contribution in [2.75, 3.05) is 18.5 Å². The summed E-state index contributed by atoms with van der Waals surface area (Å²) in [6.07, 6.45) is 53.8. The van der Waals surface area contributed by atoms with Crippen LogP contribution < -0.4 is 5.43 Å². The molecule has 0 unspecified atom stereocenters. The van der Waals surface area contributed by atoms with Gasteiger partial charge in [-0.15, -0.1) is 0 Å². The molecule has 1 aromatic carbocycles. The number of nitrogens with one attached hydrogen (secondary N) is 1. The maximum absolute atomic E-state index is 13.8. The summed E-state index contributed by atoms with van der Waals surface area (Å²) >= 11 is 0. The number of amides is 2. The summed E-state index contributed by atoms with van der Waals surface area (Å²) in [5.74, 6) is 0.0954. The molecule has 1 aromatic rings. The summed E-state index contributed by atoms with van der Waals surface area (Å²) in [6, 6.07) is 7.33. The molecule has 0 radical (unpaired) electrons. The van der Waals surface area contributed by atoms with E-state index in [1.54, 1.807) is 0 Å². The summed E-state index contributed by atoms with van der Waals surface area (Å²) in [5.41, 5.74) is 3.74. The van der Waals surface area contributed by atoms with Crippen molar-refractivity contribution in [2.45, 2.75) is 297 Å². The molecular formula is C56H105N3O3. The third-order valence-corrected chi connectivity index (χ3v) is 13.1. The molecule has 0 aliphatic heterocycles. The summed E-state index contributed by atoms with van der Waals surface area (Å²) < 4.78 is 0. The monoisotopic (exact) mass is 868 g/mol. The fourth-order valence-electron chi connectivity index (χ4n) is 8.93. The topological polar surface area (TPSA) is 72.9 Å². The number of carbonyl (C=O) groups is 2.